The van der Waals surface area contributed by atoms with Crippen LogP contribution in [0.2, 0.25) is 0 Å². The number of carbonyl (C=O) groups excluding carboxylic acids is 1. The number of rotatable bonds is 4. The Kier molecular flexibility index (Phi) is 5.29. The third kappa shape index (κ3) is 4.45. The fourth-order valence-corrected chi connectivity index (χ4v) is 0.658. The lowest BCUT2D eigenvalue weighted by Crippen LogP contribution is -2.20. The predicted molar refractivity (Wildman–Crippen MR) is 59.1 cm³/mol. The molecule has 1 amide bonds. The summed E-state index contributed by atoms with van der Waals surface area (Å²) in [6, 6.07) is 0. The number of carbonyl (C=O) groups is 1. The average molecular weight is 195 g/mol. The van der Waals surface area contributed by atoms with Gasteiger partial charge in [0.2, 0.25) is 5.91 Å². The van der Waals surface area contributed by atoms with E-state index < -0.39 is 0 Å². The van der Waals surface area contributed by atoms with Gasteiger partial charge in [0.05, 0.1) is 6.34 Å². The molecule has 0 saturated carbocycles. The van der Waals surface area contributed by atoms with E-state index in [2.05, 4.69) is 16.9 Å². The van der Waals surface area contributed by atoms with E-state index in [0.717, 1.165) is 5.57 Å². The standard InChI is InChI=1S/C10H17N3O/c1-8(6-10(14)13(4)5)9(2)12-7-11-3/h6-7H,2H2,1,3-5H3,(H,11,12)/b8-6+. The lowest BCUT2D eigenvalue weighted by atomic mass is 10.2. The Morgan fingerprint density at radius 3 is 2.50 bits per heavy atom. The summed E-state index contributed by atoms with van der Waals surface area (Å²) in [4.78, 5) is 16.5. The van der Waals surface area contributed by atoms with Gasteiger partial charge in [-0.1, -0.05) is 6.58 Å². The highest BCUT2D eigenvalue weighted by atomic mass is 16.2. The number of likely N-dealkylation sites (N-methyl/N-ethyl adjacent to an activating group) is 1. The molecule has 0 unspecified atom stereocenters. The minimum Gasteiger partial charge on any atom is -0.347 e. The van der Waals surface area contributed by atoms with Gasteiger partial charge in [0, 0.05) is 32.9 Å². The van der Waals surface area contributed by atoms with Crippen molar-refractivity contribution in [2.45, 2.75) is 6.92 Å². The van der Waals surface area contributed by atoms with E-state index in [1.807, 2.05) is 6.92 Å². The van der Waals surface area contributed by atoms with Gasteiger partial charge in [-0.2, -0.15) is 0 Å². The van der Waals surface area contributed by atoms with Gasteiger partial charge >= 0.3 is 0 Å². The third-order valence-electron chi connectivity index (χ3n) is 1.62. The summed E-state index contributed by atoms with van der Waals surface area (Å²) in [7, 11) is 5.07. The molecule has 0 heterocycles. The highest BCUT2D eigenvalue weighted by Crippen LogP contribution is 2.02. The van der Waals surface area contributed by atoms with Gasteiger partial charge in [0.1, 0.15) is 0 Å². The van der Waals surface area contributed by atoms with E-state index in [9.17, 15) is 4.79 Å². The van der Waals surface area contributed by atoms with E-state index in [1.165, 1.54) is 17.3 Å². The van der Waals surface area contributed by atoms with Gasteiger partial charge in [-0.3, -0.25) is 9.79 Å². The van der Waals surface area contributed by atoms with Gasteiger partial charge in [0.15, 0.2) is 0 Å². The van der Waals surface area contributed by atoms with Gasteiger partial charge in [0.25, 0.3) is 0 Å². The number of amides is 1. The van der Waals surface area contributed by atoms with Crippen molar-refractivity contribution in [1.29, 1.82) is 0 Å². The van der Waals surface area contributed by atoms with Gasteiger partial charge in [-0.25, -0.2) is 0 Å². The first-order valence-electron chi connectivity index (χ1n) is 4.25. The Labute approximate surface area is 85.0 Å². The molecule has 0 aliphatic carbocycles. The largest absolute Gasteiger partial charge is 0.347 e. The molecule has 78 valence electrons. The Bertz CT molecular complexity index is 277. The molecule has 4 heteroatoms. The smallest absolute Gasteiger partial charge is 0.246 e. The lowest BCUT2D eigenvalue weighted by molar-refractivity contribution is -0.123. The number of hydrogen-bond donors (Lipinski definition) is 1. The molecule has 0 fully saturated rings. The number of allylic oxidation sites excluding steroid dienone is 1. The normalized spacial score (nSPS) is 11.6. The molecular formula is C10H17N3O. The molecule has 4 nitrogen and oxygen atoms in total. The van der Waals surface area contributed by atoms with Crippen LogP contribution in [-0.2, 0) is 4.79 Å². The summed E-state index contributed by atoms with van der Waals surface area (Å²) in [5.41, 5.74) is 1.47. The highest BCUT2D eigenvalue weighted by Gasteiger charge is 2.01. The zero-order valence-corrected chi connectivity index (χ0v) is 9.16. The minimum absolute atomic E-state index is 0.0566. The molecule has 0 aliphatic heterocycles. The summed E-state index contributed by atoms with van der Waals surface area (Å²) in [6.07, 6.45) is 3.05. The van der Waals surface area contributed by atoms with Gasteiger partial charge in [-0.05, 0) is 12.5 Å². The van der Waals surface area contributed by atoms with Crippen LogP contribution in [0.15, 0.2) is 28.9 Å². The summed E-state index contributed by atoms with van der Waals surface area (Å²) in [6.45, 7) is 5.58. The molecule has 1 N–H and O–H groups in total. The first kappa shape index (κ1) is 12.4. The van der Waals surface area contributed by atoms with E-state index in [1.54, 1.807) is 21.1 Å². The van der Waals surface area contributed by atoms with Crippen molar-refractivity contribution in [2.75, 3.05) is 21.1 Å². The van der Waals surface area contributed by atoms with Crippen molar-refractivity contribution < 1.29 is 4.79 Å². The zero-order chi connectivity index (χ0) is 11.1. The highest BCUT2D eigenvalue weighted by molar-refractivity contribution is 5.88. The van der Waals surface area contributed by atoms with Crippen LogP contribution in [-0.4, -0.2) is 38.3 Å². The van der Waals surface area contributed by atoms with Crippen molar-refractivity contribution >= 4 is 12.2 Å². The van der Waals surface area contributed by atoms with Crippen LogP contribution in [0.3, 0.4) is 0 Å². The average Bonchev–Trinajstić information content (AvgIpc) is 2.13. The Hall–Kier alpha value is -1.58. The van der Waals surface area contributed by atoms with E-state index in [-0.39, 0.29) is 5.91 Å². The van der Waals surface area contributed by atoms with E-state index in [0.29, 0.717) is 5.70 Å². The molecule has 0 spiro atoms. The maximum Gasteiger partial charge on any atom is 0.246 e. The molecule has 14 heavy (non-hydrogen) atoms. The van der Waals surface area contributed by atoms with Crippen LogP contribution in [0.5, 0.6) is 0 Å². The first-order valence-corrected chi connectivity index (χ1v) is 4.25. The second-order valence-corrected chi connectivity index (χ2v) is 3.07. The Balaban J connectivity index is 4.37. The van der Waals surface area contributed by atoms with Crippen molar-refractivity contribution in [3.05, 3.63) is 23.9 Å². The molecule has 0 rings (SSSR count). The van der Waals surface area contributed by atoms with Crippen LogP contribution in [0, 0.1) is 0 Å². The Morgan fingerprint density at radius 2 is 2.07 bits per heavy atom. The first-order chi connectivity index (χ1) is 6.49. The van der Waals surface area contributed by atoms with E-state index in [4.69, 9.17) is 0 Å². The van der Waals surface area contributed by atoms with Crippen LogP contribution in [0.1, 0.15) is 6.92 Å². The van der Waals surface area contributed by atoms with Gasteiger partial charge in [-0.15, -0.1) is 0 Å². The molecule has 0 aromatic carbocycles. The number of nitrogens with one attached hydrogen (secondary N) is 1. The quantitative estimate of drug-likeness (QED) is 0.312. The molecule has 0 aliphatic rings. The molecule has 0 aromatic rings. The number of aliphatic imine (C=N–C) groups is 1. The van der Waals surface area contributed by atoms with Crippen molar-refractivity contribution in [1.82, 2.24) is 10.2 Å². The van der Waals surface area contributed by atoms with Crippen LogP contribution in [0.25, 0.3) is 0 Å². The van der Waals surface area contributed by atoms with Gasteiger partial charge < -0.3 is 10.2 Å². The van der Waals surface area contributed by atoms with Crippen LogP contribution < -0.4 is 5.32 Å². The molecule has 0 radical (unpaired) electrons. The molecule has 0 saturated heterocycles. The number of nitrogens with zero attached hydrogens (tertiary/aromatic N) is 2. The zero-order valence-electron chi connectivity index (χ0n) is 9.16. The lowest BCUT2D eigenvalue weighted by Gasteiger charge is -2.09. The number of hydrogen-bond acceptors (Lipinski definition) is 2. The maximum atomic E-state index is 11.3. The molecular weight excluding hydrogens is 178 g/mol. The predicted octanol–water partition coefficient (Wildman–Crippen LogP) is 0.782. The van der Waals surface area contributed by atoms with Crippen molar-refractivity contribution in [3.8, 4) is 0 Å². The van der Waals surface area contributed by atoms with Crippen LogP contribution >= 0.6 is 0 Å². The summed E-state index contributed by atoms with van der Waals surface area (Å²) < 4.78 is 0. The van der Waals surface area contributed by atoms with Crippen molar-refractivity contribution in [3.63, 3.8) is 0 Å². The fraction of sp³-hybridized carbons (Fsp3) is 0.400. The second kappa shape index (κ2) is 5.96. The minimum atomic E-state index is -0.0566. The summed E-state index contributed by atoms with van der Waals surface area (Å²) >= 11 is 0. The fourth-order valence-electron chi connectivity index (χ4n) is 0.658. The molecule has 0 bridgehead atoms. The summed E-state index contributed by atoms with van der Waals surface area (Å²) in [5.74, 6) is -0.0566. The van der Waals surface area contributed by atoms with Crippen LogP contribution in [0.4, 0.5) is 0 Å². The van der Waals surface area contributed by atoms with E-state index >= 15 is 0 Å². The SMILES string of the molecule is C=C(NC=NC)/C(C)=C/C(=O)N(C)C. The third-order valence-corrected chi connectivity index (χ3v) is 1.62. The molecule has 0 atom stereocenters. The second-order valence-electron chi connectivity index (χ2n) is 3.07. The monoisotopic (exact) mass is 195 g/mol. The molecule has 0 aromatic heterocycles. The summed E-state index contributed by atoms with van der Waals surface area (Å²) in [5, 5.41) is 2.85. The maximum absolute atomic E-state index is 11.3. The Morgan fingerprint density at radius 1 is 1.50 bits per heavy atom. The topological polar surface area (TPSA) is 44.7 Å². The van der Waals surface area contributed by atoms with Crippen molar-refractivity contribution in [2.24, 2.45) is 4.99 Å².